The Bertz CT molecular complexity index is 475. The summed E-state index contributed by atoms with van der Waals surface area (Å²) >= 11 is 11.8. The standard InChI is InChI=1S/C10H10Cl2N4O/c11-6-2-1-3-7(8(6)12)15-10(17)16-9-13-4-5-14-9/h1-3H,4-5H2,(H3,13,14,15,16,17). The van der Waals surface area contributed by atoms with E-state index in [0.717, 1.165) is 6.54 Å². The highest BCUT2D eigenvalue weighted by molar-refractivity contribution is 6.44. The Kier molecular flexibility index (Phi) is 3.71. The van der Waals surface area contributed by atoms with Crippen molar-refractivity contribution in [1.82, 2.24) is 10.6 Å². The van der Waals surface area contributed by atoms with E-state index in [4.69, 9.17) is 23.2 Å². The van der Waals surface area contributed by atoms with Gasteiger partial charge in [-0.2, -0.15) is 0 Å². The first-order valence-electron chi connectivity index (χ1n) is 4.97. The minimum atomic E-state index is -0.415. The topological polar surface area (TPSA) is 65.5 Å². The molecule has 1 heterocycles. The molecule has 0 radical (unpaired) electrons. The van der Waals surface area contributed by atoms with Crippen molar-refractivity contribution in [3.63, 3.8) is 0 Å². The number of carbonyl (C=O) groups is 1. The Balaban J connectivity index is 2.00. The molecular weight excluding hydrogens is 263 g/mol. The van der Waals surface area contributed by atoms with Crippen molar-refractivity contribution in [2.75, 3.05) is 18.4 Å². The summed E-state index contributed by atoms with van der Waals surface area (Å²) in [6.07, 6.45) is 0. The number of hydrogen-bond acceptors (Lipinski definition) is 3. The molecule has 3 N–H and O–H groups in total. The molecule has 5 nitrogen and oxygen atoms in total. The number of rotatable bonds is 1. The molecule has 0 saturated carbocycles. The summed E-state index contributed by atoms with van der Waals surface area (Å²) in [7, 11) is 0. The number of aliphatic imine (C=N–C) groups is 1. The number of urea groups is 1. The van der Waals surface area contributed by atoms with Crippen LogP contribution >= 0.6 is 23.2 Å². The fourth-order valence-electron chi connectivity index (χ4n) is 1.34. The van der Waals surface area contributed by atoms with E-state index in [2.05, 4.69) is 20.9 Å². The van der Waals surface area contributed by atoms with Gasteiger partial charge in [0.2, 0.25) is 0 Å². The highest BCUT2D eigenvalue weighted by Crippen LogP contribution is 2.29. The van der Waals surface area contributed by atoms with E-state index in [1.807, 2.05) is 0 Å². The largest absolute Gasteiger partial charge is 0.354 e. The minimum absolute atomic E-state index is 0.311. The number of halogens is 2. The fraction of sp³-hybridized carbons (Fsp3) is 0.200. The number of nitrogens with zero attached hydrogens (tertiary/aromatic N) is 1. The van der Waals surface area contributed by atoms with Gasteiger partial charge in [-0.25, -0.2) is 4.79 Å². The van der Waals surface area contributed by atoms with Crippen LogP contribution in [-0.4, -0.2) is 25.1 Å². The van der Waals surface area contributed by atoms with Crippen molar-refractivity contribution < 1.29 is 4.79 Å². The zero-order valence-electron chi connectivity index (χ0n) is 8.76. The van der Waals surface area contributed by atoms with Crippen molar-refractivity contribution in [3.05, 3.63) is 28.2 Å². The van der Waals surface area contributed by atoms with Crippen LogP contribution < -0.4 is 16.0 Å². The molecule has 7 heteroatoms. The first-order valence-corrected chi connectivity index (χ1v) is 5.73. The summed E-state index contributed by atoms with van der Waals surface area (Å²) in [6.45, 7) is 1.39. The molecule has 1 aromatic rings. The van der Waals surface area contributed by atoms with Crippen LogP contribution in [0, 0.1) is 0 Å². The number of hydrogen-bond donors (Lipinski definition) is 3. The van der Waals surface area contributed by atoms with E-state index in [0.29, 0.717) is 28.2 Å². The van der Waals surface area contributed by atoms with Gasteiger partial charge < -0.3 is 10.6 Å². The van der Waals surface area contributed by atoms with E-state index in [-0.39, 0.29) is 0 Å². The first kappa shape index (κ1) is 12.0. The lowest BCUT2D eigenvalue weighted by Gasteiger charge is -2.09. The molecule has 1 aliphatic rings. The third kappa shape index (κ3) is 3.01. The SMILES string of the molecule is O=C(NC1=NCCN1)Nc1cccc(Cl)c1Cl. The summed E-state index contributed by atoms with van der Waals surface area (Å²) in [5.41, 5.74) is 0.454. The van der Waals surface area contributed by atoms with Crippen LogP contribution in [0.3, 0.4) is 0 Å². The molecular formula is C10H10Cl2N4O. The van der Waals surface area contributed by atoms with Crippen molar-refractivity contribution in [2.24, 2.45) is 4.99 Å². The number of nitrogens with one attached hydrogen (secondary N) is 3. The average molecular weight is 273 g/mol. The predicted molar refractivity (Wildman–Crippen MR) is 68.9 cm³/mol. The van der Waals surface area contributed by atoms with Gasteiger partial charge in [-0.15, -0.1) is 0 Å². The average Bonchev–Trinajstić information content (AvgIpc) is 2.77. The maximum absolute atomic E-state index is 11.6. The Morgan fingerprint density at radius 1 is 1.35 bits per heavy atom. The molecule has 0 aromatic heterocycles. The molecule has 17 heavy (non-hydrogen) atoms. The Hall–Kier alpha value is -1.46. The summed E-state index contributed by atoms with van der Waals surface area (Å²) in [6, 6.07) is 4.60. The third-order valence-electron chi connectivity index (χ3n) is 2.11. The van der Waals surface area contributed by atoms with Crippen molar-refractivity contribution in [3.8, 4) is 0 Å². The second kappa shape index (κ2) is 5.25. The second-order valence-electron chi connectivity index (χ2n) is 3.34. The van der Waals surface area contributed by atoms with E-state index in [1.165, 1.54) is 0 Å². The minimum Gasteiger partial charge on any atom is -0.354 e. The number of amides is 2. The number of benzene rings is 1. The predicted octanol–water partition coefficient (Wildman–Crippen LogP) is 2.07. The van der Waals surface area contributed by atoms with E-state index >= 15 is 0 Å². The van der Waals surface area contributed by atoms with Crippen molar-refractivity contribution >= 4 is 40.9 Å². The number of anilines is 1. The van der Waals surface area contributed by atoms with Crippen LogP contribution in [0.4, 0.5) is 10.5 Å². The number of carbonyl (C=O) groups excluding carboxylic acids is 1. The van der Waals surface area contributed by atoms with Gasteiger partial charge in [-0.1, -0.05) is 29.3 Å². The van der Waals surface area contributed by atoms with E-state index < -0.39 is 6.03 Å². The molecule has 1 aliphatic heterocycles. The van der Waals surface area contributed by atoms with E-state index in [1.54, 1.807) is 18.2 Å². The molecule has 0 unspecified atom stereocenters. The molecule has 0 atom stereocenters. The van der Waals surface area contributed by atoms with Crippen LogP contribution in [0.15, 0.2) is 23.2 Å². The third-order valence-corrected chi connectivity index (χ3v) is 2.92. The summed E-state index contributed by atoms with van der Waals surface area (Å²) < 4.78 is 0. The van der Waals surface area contributed by atoms with Crippen LogP contribution in [0.2, 0.25) is 10.0 Å². The molecule has 0 spiro atoms. The van der Waals surface area contributed by atoms with E-state index in [9.17, 15) is 4.79 Å². The molecule has 0 saturated heterocycles. The van der Waals surface area contributed by atoms with Gasteiger partial charge in [0.25, 0.3) is 0 Å². The lowest BCUT2D eigenvalue weighted by molar-refractivity contribution is 0.256. The van der Waals surface area contributed by atoms with Crippen molar-refractivity contribution in [2.45, 2.75) is 0 Å². The molecule has 1 aromatic carbocycles. The maximum Gasteiger partial charge on any atom is 0.326 e. The highest BCUT2D eigenvalue weighted by atomic mass is 35.5. The molecule has 2 amide bonds. The van der Waals surface area contributed by atoms with Crippen LogP contribution in [0.25, 0.3) is 0 Å². The molecule has 2 rings (SSSR count). The summed E-state index contributed by atoms with van der Waals surface area (Å²) in [5, 5.41) is 8.77. The quantitative estimate of drug-likeness (QED) is 0.733. The maximum atomic E-state index is 11.6. The van der Waals surface area contributed by atoms with Crippen LogP contribution in [0.5, 0.6) is 0 Å². The van der Waals surface area contributed by atoms with Gasteiger partial charge in [-0.3, -0.25) is 10.3 Å². The smallest absolute Gasteiger partial charge is 0.326 e. The van der Waals surface area contributed by atoms with Gasteiger partial charge in [0, 0.05) is 6.54 Å². The molecule has 0 fully saturated rings. The van der Waals surface area contributed by atoms with Gasteiger partial charge >= 0.3 is 6.03 Å². The Morgan fingerprint density at radius 2 is 2.18 bits per heavy atom. The van der Waals surface area contributed by atoms with Crippen molar-refractivity contribution in [1.29, 1.82) is 0 Å². The zero-order valence-corrected chi connectivity index (χ0v) is 10.3. The van der Waals surface area contributed by atoms with Crippen LogP contribution in [0.1, 0.15) is 0 Å². The second-order valence-corrected chi connectivity index (χ2v) is 4.12. The lowest BCUT2D eigenvalue weighted by atomic mass is 10.3. The summed E-state index contributed by atoms with van der Waals surface area (Å²) in [5.74, 6) is 0.459. The highest BCUT2D eigenvalue weighted by Gasteiger charge is 2.11. The summed E-state index contributed by atoms with van der Waals surface area (Å²) in [4.78, 5) is 15.6. The number of guanidine groups is 1. The molecule has 0 aliphatic carbocycles. The zero-order chi connectivity index (χ0) is 12.3. The normalized spacial score (nSPS) is 13.9. The fourth-order valence-corrected chi connectivity index (χ4v) is 1.69. The monoisotopic (exact) mass is 272 g/mol. The van der Waals surface area contributed by atoms with Gasteiger partial charge in [0.05, 0.1) is 22.3 Å². The van der Waals surface area contributed by atoms with Gasteiger partial charge in [0.15, 0.2) is 5.96 Å². The lowest BCUT2D eigenvalue weighted by Crippen LogP contribution is -2.40. The van der Waals surface area contributed by atoms with Gasteiger partial charge in [0.1, 0.15) is 0 Å². The van der Waals surface area contributed by atoms with Gasteiger partial charge in [-0.05, 0) is 12.1 Å². The Labute approximate surface area is 108 Å². The molecule has 0 bridgehead atoms. The Morgan fingerprint density at radius 3 is 2.88 bits per heavy atom. The van der Waals surface area contributed by atoms with Crippen LogP contribution in [-0.2, 0) is 0 Å². The molecule has 90 valence electrons. The first-order chi connectivity index (χ1) is 8.16.